The van der Waals surface area contributed by atoms with E-state index in [0.717, 1.165) is 33.4 Å². The van der Waals surface area contributed by atoms with Crippen LogP contribution >= 0.6 is 0 Å². The molecular weight excluding hydrogens is 493 g/mol. The Balaban J connectivity index is 0.00000320. The zero-order valence-electron chi connectivity index (χ0n) is 20.1. The Kier molecular flexibility index (Phi) is 8.35. The number of carboxylic acids is 1. The maximum absolute atomic E-state index is 12.6. The monoisotopic (exact) mass is 521 g/mol. The molecule has 0 radical (unpaired) electrons. The third-order valence-electron chi connectivity index (χ3n) is 6.84. The van der Waals surface area contributed by atoms with Gasteiger partial charge in [-0.3, -0.25) is 14.8 Å². The van der Waals surface area contributed by atoms with E-state index in [1.54, 1.807) is 17.9 Å². The van der Waals surface area contributed by atoms with Gasteiger partial charge in [0.2, 0.25) is 0 Å². The Morgan fingerprint density at radius 2 is 1.51 bits per heavy atom. The molecule has 3 aromatic carbocycles. The molecule has 7 nitrogen and oxygen atoms in total. The third kappa shape index (κ3) is 5.73. The summed E-state index contributed by atoms with van der Waals surface area (Å²) in [7, 11) is 1.76. The van der Waals surface area contributed by atoms with Crippen LogP contribution in [0, 0.1) is 0 Å². The van der Waals surface area contributed by atoms with Gasteiger partial charge in [-0.1, -0.05) is 78.9 Å². The van der Waals surface area contributed by atoms with E-state index in [1.807, 2.05) is 85.8 Å². The molecule has 37 heavy (non-hydrogen) atoms. The molecule has 1 atom stereocenters. The molecule has 1 aromatic heterocycles. The zero-order chi connectivity index (χ0) is 25.3. The molecule has 1 unspecified atom stereocenters. The number of anilines is 1. The number of aryl methyl sites for hydroxylation is 1. The molecule has 1 saturated carbocycles. The van der Waals surface area contributed by atoms with Gasteiger partial charge in [-0.25, -0.2) is 4.79 Å². The zero-order valence-corrected chi connectivity index (χ0v) is 20.1. The molecule has 2 N–H and O–H groups in total. The number of ether oxygens (including phenoxy) is 1. The normalized spacial score (nSPS) is 14.2. The van der Waals surface area contributed by atoms with Crippen LogP contribution in [0.3, 0.4) is 0 Å². The van der Waals surface area contributed by atoms with Crippen LogP contribution in [0.4, 0.5) is 10.6 Å². The standard InChI is InChI=1S/C29H27N3O4.K.H/c1-19(20-6-4-3-5-7-20)36-28(35)31-26-25(18-30-32(26)2)23-10-8-21(9-11-23)22-12-14-24(15-13-22)29(16-17-29)27(33)34;;/h3-15,18-19H,16-17H2,1-2H3,(H,31,35)(H,33,34);;. The molecule has 0 aliphatic heterocycles. The van der Waals surface area contributed by atoms with E-state index in [9.17, 15) is 14.7 Å². The van der Waals surface area contributed by atoms with Crippen molar-refractivity contribution in [3.05, 3.63) is 96.2 Å². The van der Waals surface area contributed by atoms with Gasteiger partial charge < -0.3 is 9.84 Å². The van der Waals surface area contributed by atoms with Gasteiger partial charge in [0.1, 0.15) is 11.9 Å². The van der Waals surface area contributed by atoms with Crippen LogP contribution in [0.25, 0.3) is 22.3 Å². The summed E-state index contributed by atoms with van der Waals surface area (Å²) in [5.41, 5.74) is 4.77. The first-order chi connectivity index (χ1) is 17.4. The van der Waals surface area contributed by atoms with Gasteiger partial charge in [0.05, 0.1) is 11.6 Å². The minimum absolute atomic E-state index is 0. The summed E-state index contributed by atoms with van der Waals surface area (Å²) in [5.74, 6) is -0.209. The van der Waals surface area contributed by atoms with E-state index in [0.29, 0.717) is 18.7 Å². The van der Waals surface area contributed by atoms with Crippen LogP contribution < -0.4 is 5.32 Å². The molecule has 1 amide bonds. The molecule has 4 aromatic rings. The van der Waals surface area contributed by atoms with Crippen LogP contribution in [-0.4, -0.2) is 78.3 Å². The van der Waals surface area contributed by atoms with Gasteiger partial charge >= 0.3 is 63.4 Å². The topological polar surface area (TPSA) is 93.4 Å². The van der Waals surface area contributed by atoms with Crippen molar-refractivity contribution in [2.75, 3.05) is 5.32 Å². The van der Waals surface area contributed by atoms with Crippen molar-refractivity contribution >= 4 is 69.3 Å². The molecule has 0 saturated heterocycles. The van der Waals surface area contributed by atoms with Crippen LogP contribution in [0.15, 0.2) is 85.1 Å². The van der Waals surface area contributed by atoms with Gasteiger partial charge in [0.25, 0.3) is 0 Å². The minimum atomic E-state index is -0.751. The van der Waals surface area contributed by atoms with Crippen molar-refractivity contribution in [2.24, 2.45) is 7.05 Å². The predicted octanol–water partition coefficient (Wildman–Crippen LogP) is 5.53. The predicted molar refractivity (Wildman–Crippen MR) is 145 cm³/mol. The van der Waals surface area contributed by atoms with E-state index in [2.05, 4.69) is 10.4 Å². The number of nitrogens with zero attached hydrogens (tertiary/aromatic N) is 2. The third-order valence-corrected chi connectivity index (χ3v) is 6.84. The van der Waals surface area contributed by atoms with Gasteiger partial charge in [-0.2, -0.15) is 5.10 Å². The summed E-state index contributed by atoms with van der Waals surface area (Å²) >= 11 is 0. The number of aliphatic carboxylic acids is 1. The number of carbonyl (C=O) groups excluding carboxylic acids is 1. The summed E-state index contributed by atoms with van der Waals surface area (Å²) in [5, 5.41) is 16.7. The molecule has 1 aliphatic rings. The quantitative estimate of drug-likeness (QED) is 0.312. The second-order valence-corrected chi connectivity index (χ2v) is 9.16. The number of carboxylic acid groups (broad SMARTS) is 1. The Morgan fingerprint density at radius 3 is 2.08 bits per heavy atom. The maximum atomic E-state index is 12.6. The summed E-state index contributed by atoms with van der Waals surface area (Å²) < 4.78 is 7.16. The fourth-order valence-electron chi connectivity index (χ4n) is 4.45. The van der Waals surface area contributed by atoms with E-state index < -0.39 is 17.5 Å². The Morgan fingerprint density at radius 1 is 0.946 bits per heavy atom. The molecule has 184 valence electrons. The first-order valence-electron chi connectivity index (χ1n) is 11.9. The molecule has 1 aliphatic carbocycles. The van der Waals surface area contributed by atoms with Crippen molar-refractivity contribution in [3.8, 4) is 22.3 Å². The first kappa shape index (κ1) is 27.3. The van der Waals surface area contributed by atoms with Crippen LogP contribution in [0.5, 0.6) is 0 Å². The Labute approximate surface area is 258 Å². The van der Waals surface area contributed by atoms with Crippen molar-refractivity contribution in [2.45, 2.75) is 31.3 Å². The van der Waals surface area contributed by atoms with E-state index in [4.69, 9.17) is 4.74 Å². The number of hydrogen-bond acceptors (Lipinski definition) is 4. The van der Waals surface area contributed by atoms with E-state index in [1.165, 1.54) is 0 Å². The second kappa shape index (κ2) is 11.3. The van der Waals surface area contributed by atoms with Crippen LogP contribution in [-0.2, 0) is 22.0 Å². The number of hydrogen-bond donors (Lipinski definition) is 2. The molecule has 1 heterocycles. The fourth-order valence-corrected chi connectivity index (χ4v) is 4.45. The number of aromatic nitrogens is 2. The average Bonchev–Trinajstić information content (AvgIpc) is 3.64. The van der Waals surface area contributed by atoms with Crippen molar-refractivity contribution < 1.29 is 19.4 Å². The molecule has 1 fully saturated rings. The Hall–Kier alpha value is -2.75. The SMILES string of the molecule is CC(OC(=O)Nc1c(-c2ccc(-c3ccc(C4(C(=O)O)CC4)cc3)cc2)cnn1C)c1ccccc1.[KH]. The second-order valence-electron chi connectivity index (χ2n) is 9.16. The Bertz CT molecular complexity index is 1400. The number of nitrogens with one attached hydrogen (secondary N) is 1. The number of amides is 1. The molecule has 8 heteroatoms. The fraction of sp³-hybridized carbons (Fsp3) is 0.207. The van der Waals surface area contributed by atoms with Crippen molar-refractivity contribution in [1.29, 1.82) is 0 Å². The van der Waals surface area contributed by atoms with Crippen molar-refractivity contribution in [1.82, 2.24) is 9.78 Å². The summed E-state index contributed by atoms with van der Waals surface area (Å²) in [6.07, 6.45) is 2.15. The van der Waals surface area contributed by atoms with Gasteiger partial charge in [0, 0.05) is 12.6 Å². The molecular formula is C29H28KN3O4. The first-order valence-corrected chi connectivity index (χ1v) is 11.9. The number of rotatable bonds is 7. The van der Waals surface area contributed by atoms with E-state index in [-0.39, 0.29) is 57.5 Å². The van der Waals surface area contributed by atoms with Gasteiger partial charge in [-0.15, -0.1) is 0 Å². The van der Waals surface area contributed by atoms with E-state index >= 15 is 0 Å². The summed E-state index contributed by atoms with van der Waals surface area (Å²) in [4.78, 5) is 24.2. The molecule has 0 spiro atoms. The number of carbonyl (C=O) groups is 2. The molecule has 5 rings (SSSR count). The summed E-state index contributed by atoms with van der Waals surface area (Å²) in [6.45, 7) is 1.83. The molecule has 0 bridgehead atoms. The van der Waals surface area contributed by atoms with Gasteiger partial charge in [0.15, 0.2) is 0 Å². The van der Waals surface area contributed by atoms with Crippen molar-refractivity contribution in [3.63, 3.8) is 0 Å². The summed E-state index contributed by atoms with van der Waals surface area (Å²) in [6, 6.07) is 25.3. The van der Waals surface area contributed by atoms with Gasteiger partial charge in [-0.05, 0) is 47.6 Å². The van der Waals surface area contributed by atoms with Crippen LogP contribution in [0.1, 0.15) is 37.0 Å². The average molecular weight is 522 g/mol. The van der Waals surface area contributed by atoms with Crippen LogP contribution in [0.2, 0.25) is 0 Å². The number of benzene rings is 3.